The molecule has 0 aliphatic rings. The van der Waals surface area contributed by atoms with Crippen molar-refractivity contribution in [2.45, 2.75) is 13.8 Å². The van der Waals surface area contributed by atoms with Gasteiger partial charge < -0.3 is 9.72 Å². The van der Waals surface area contributed by atoms with Crippen LogP contribution in [-0.2, 0) is 0 Å². The predicted octanol–water partition coefficient (Wildman–Crippen LogP) is 3.51. The molecular weight excluding hydrogens is 232 g/mol. The second-order valence-electron chi connectivity index (χ2n) is 3.70. The first-order valence-corrected chi connectivity index (χ1v) is 5.90. The largest absolute Gasteiger partial charge is 0.494 e. The molecule has 0 unspecified atom stereocenters. The molecule has 0 saturated heterocycles. The number of aromatic nitrogens is 2. The summed E-state index contributed by atoms with van der Waals surface area (Å²) in [5.41, 5.74) is 3.16. The van der Waals surface area contributed by atoms with Crippen LogP contribution in [0.15, 0.2) is 30.5 Å². The number of benzene rings is 1. The zero-order valence-electron chi connectivity index (χ0n) is 9.86. The molecule has 17 heavy (non-hydrogen) atoms. The van der Waals surface area contributed by atoms with Crippen LogP contribution in [0.25, 0.3) is 11.3 Å². The van der Waals surface area contributed by atoms with Crippen molar-refractivity contribution in [3.63, 3.8) is 0 Å². The van der Waals surface area contributed by atoms with Gasteiger partial charge in [0.15, 0.2) is 4.77 Å². The molecule has 0 fully saturated rings. The number of nitrogens with one attached hydrogen (secondary N) is 1. The molecule has 2 rings (SSSR count). The number of aryl methyl sites for hydroxylation is 1. The average Bonchev–Trinajstić information content (AvgIpc) is 2.32. The molecule has 0 radical (unpaired) electrons. The predicted molar refractivity (Wildman–Crippen MR) is 70.8 cm³/mol. The normalized spacial score (nSPS) is 10.2. The average molecular weight is 246 g/mol. The molecule has 0 atom stereocenters. The van der Waals surface area contributed by atoms with Gasteiger partial charge in [-0.1, -0.05) is 0 Å². The number of nitrogens with zero attached hydrogens (tertiary/aromatic N) is 1. The first kappa shape index (κ1) is 11.8. The highest BCUT2D eigenvalue weighted by atomic mass is 32.1. The Labute approximate surface area is 105 Å². The lowest BCUT2D eigenvalue weighted by molar-refractivity contribution is 0.338. The Morgan fingerprint density at radius 1 is 1.35 bits per heavy atom. The lowest BCUT2D eigenvalue weighted by Crippen LogP contribution is -1.94. The topological polar surface area (TPSA) is 37.9 Å². The summed E-state index contributed by atoms with van der Waals surface area (Å²) >= 11 is 5.01. The van der Waals surface area contributed by atoms with E-state index in [1.54, 1.807) is 6.20 Å². The van der Waals surface area contributed by atoms with Gasteiger partial charge in [-0.2, -0.15) is 0 Å². The Balaban J connectivity index is 2.41. The summed E-state index contributed by atoms with van der Waals surface area (Å²) < 4.78 is 6.00. The van der Waals surface area contributed by atoms with Gasteiger partial charge in [0.1, 0.15) is 5.75 Å². The first-order valence-electron chi connectivity index (χ1n) is 5.50. The minimum atomic E-state index is 0.494. The van der Waals surface area contributed by atoms with Crippen molar-refractivity contribution in [2.75, 3.05) is 6.61 Å². The summed E-state index contributed by atoms with van der Waals surface area (Å²) in [6.07, 6.45) is 1.71. The van der Waals surface area contributed by atoms with Gasteiger partial charge in [-0.25, -0.2) is 4.98 Å². The highest BCUT2D eigenvalue weighted by Crippen LogP contribution is 2.24. The van der Waals surface area contributed by atoms with Gasteiger partial charge >= 0.3 is 0 Å². The molecule has 0 amide bonds. The van der Waals surface area contributed by atoms with E-state index in [-0.39, 0.29) is 0 Å². The molecule has 1 aromatic carbocycles. The molecule has 1 aromatic heterocycles. The van der Waals surface area contributed by atoms with Crippen LogP contribution in [0.1, 0.15) is 12.5 Å². The summed E-state index contributed by atoms with van der Waals surface area (Å²) in [7, 11) is 0. The van der Waals surface area contributed by atoms with Gasteiger partial charge in [0, 0.05) is 11.9 Å². The number of aromatic amines is 1. The van der Waals surface area contributed by atoms with Crippen molar-refractivity contribution >= 4 is 12.2 Å². The zero-order valence-corrected chi connectivity index (χ0v) is 10.7. The van der Waals surface area contributed by atoms with Crippen LogP contribution in [0.5, 0.6) is 5.75 Å². The van der Waals surface area contributed by atoms with Gasteiger partial charge in [-0.05, 0) is 61.5 Å². The number of hydrogen-bond acceptors (Lipinski definition) is 3. The van der Waals surface area contributed by atoms with Crippen molar-refractivity contribution in [1.82, 2.24) is 9.97 Å². The third-order valence-corrected chi connectivity index (χ3v) is 2.67. The third kappa shape index (κ3) is 2.71. The first-order chi connectivity index (χ1) is 8.20. The van der Waals surface area contributed by atoms with Crippen LogP contribution in [0, 0.1) is 11.7 Å². The zero-order chi connectivity index (χ0) is 12.3. The van der Waals surface area contributed by atoms with Crippen molar-refractivity contribution in [1.29, 1.82) is 0 Å². The number of rotatable bonds is 3. The van der Waals surface area contributed by atoms with Crippen molar-refractivity contribution in [3.05, 3.63) is 40.8 Å². The summed E-state index contributed by atoms with van der Waals surface area (Å²) in [4.78, 5) is 7.03. The Bertz CT molecular complexity index is 578. The summed E-state index contributed by atoms with van der Waals surface area (Å²) in [5, 5.41) is 0. The fraction of sp³-hybridized carbons (Fsp3) is 0.231. The fourth-order valence-corrected chi connectivity index (χ4v) is 1.84. The highest BCUT2D eigenvalue weighted by molar-refractivity contribution is 7.71. The van der Waals surface area contributed by atoms with E-state index < -0.39 is 0 Å². The molecule has 2 aromatic rings. The highest BCUT2D eigenvalue weighted by Gasteiger charge is 2.03. The van der Waals surface area contributed by atoms with Crippen molar-refractivity contribution < 1.29 is 4.74 Å². The maximum absolute atomic E-state index is 5.51. The van der Waals surface area contributed by atoms with Gasteiger partial charge in [0.05, 0.1) is 6.61 Å². The van der Waals surface area contributed by atoms with Crippen LogP contribution in [-0.4, -0.2) is 16.6 Å². The minimum absolute atomic E-state index is 0.494. The minimum Gasteiger partial charge on any atom is -0.494 e. The van der Waals surface area contributed by atoms with Crippen LogP contribution in [0.2, 0.25) is 0 Å². The fourth-order valence-electron chi connectivity index (χ4n) is 1.67. The monoisotopic (exact) mass is 246 g/mol. The molecule has 88 valence electrons. The summed E-state index contributed by atoms with van der Waals surface area (Å²) in [5.74, 6) is 0.920. The summed E-state index contributed by atoms with van der Waals surface area (Å²) in [6.45, 7) is 4.69. The van der Waals surface area contributed by atoms with Gasteiger partial charge in [0.2, 0.25) is 0 Å². The molecule has 3 nitrogen and oxygen atoms in total. The molecule has 0 aliphatic heterocycles. The van der Waals surface area contributed by atoms with E-state index >= 15 is 0 Å². The standard InChI is InChI=1S/C13H14N2OS/c1-3-16-12-5-4-10(8-9(12)2)11-6-7-14-13(17)15-11/h4-8H,3H2,1-2H3,(H,14,15,17). The van der Waals surface area contributed by atoms with Crippen molar-refractivity contribution in [2.24, 2.45) is 0 Å². The maximum Gasteiger partial charge on any atom is 0.197 e. The second kappa shape index (κ2) is 5.10. The molecule has 1 N–H and O–H groups in total. The molecule has 0 saturated carbocycles. The van der Waals surface area contributed by atoms with Crippen molar-refractivity contribution in [3.8, 4) is 17.0 Å². The Morgan fingerprint density at radius 3 is 2.82 bits per heavy atom. The molecule has 1 heterocycles. The van der Waals surface area contributed by atoms with E-state index in [1.807, 2.05) is 32.0 Å². The summed E-state index contributed by atoms with van der Waals surface area (Å²) in [6, 6.07) is 7.97. The van der Waals surface area contributed by atoms with E-state index in [9.17, 15) is 0 Å². The van der Waals surface area contributed by atoms with E-state index in [4.69, 9.17) is 17.0 Å². The van der Waals surface area contributed by atoms with Crippen LogP contribution >= 0.6 is 12.2 Å². The van der Waals surface area contributed by atoms with E-state index in [2.05, 4.69) is 16.0 Å². The quantitative estimate of drug-likeness (QED) is 0.842. The third-order valence-electron chi connectivity index (χ3n) is 2.46. The van der Waals surface area contributed by atoms with Crippen LogP contribution in [0.4, 0.5) is 0 Å². The Morgan fingerprint density at radius 2 is 2.18 bits per heavy atom. The Hall–Kier alpha value is -1.68. The lowest BCUT2D eigenvalue weighted by atomic mass is 10.1. The molecular formula is C13H14N2OS. The maximum atomic E-state index is 5.51. The molecule has 0 aliphatic carbocycles. The smallest absolute Gasteiger partial charge is 0.197 e. The number of ether oxygens (including phenoxy) is 1. The number of hydrogen-bond donors (Lipinski definition) is 1. The van der Waals surface area contributed by atoms with Gasteiger partial charge in [-0.15, -0.1) is 0 Å². The SMILES string of the molecule is CCOc1ccc(-c2ccnc(=S)[nH]2)cc1C. The molecule has 0 bridgehead atoms. The van der Waals surface area contributed by atoms with Crippen LogP contribution < -0.4 is 4.74 Å². The van der Waals surface area contributed by atoms with Gasteiger partial charge in [0.25, 0.3) is 0 Å². The molecule has 4 heteroatoms. The van der Waals surface area contributed by atoms with Crippen LogP contribution in [0.3, 0.4) is 0 Å². The van der Waals surface area contributed by atoms with E-state index in [0.29, 0.717) is 11.4 Å². The second-order valence-corrected chi connectivity index (χ2v) is 4.09. The van der Waals surface area contributed by atoms with Gasteiger partial charge in [-0.3, -0.25) is 0 Å². The Kier molecular flexibility index (Phi) is 3.54. The molecule has 0 spiro atoms. The van der Waals surface area contributed by atoms with E-state index in [0.717, 1.165) is 22.6 Å². The van der Waals surface area contributed by atoms with E-state index in [1.165, 1.54) is 0 Å². The lowest BCUT2D eigenvalue weighted by Gasteiger charge is -2.09. The number of H-pyrrole nitrogens is 1.